The van der Waals surface area contributed by atoms with E-state index in [1.807, 2.05) is 30.3 Å². The molecule has 7 heteroatoms. The van der Waals surface area contributed by atoms with Crippen molar-refractivity contribution in [3.8, 4) is 0 Å². The number of benzene rings is 1. The number of carbonyl (C=O) groups excluding carboxylic acids is 2. The fourth-order valence-electron chi connectivity index (χ4n) is 2.98. The number of piperidine rings is 1. The molecule has 6 nitrogen and oxygen atoms in total. The van der Waals surface area contributed by atoms with Crippen molar-refractivity contribution in [3.63, 3.8) is 0 Å². The SMILES string of the molecule is O=C(NCC1CCN(C(=O)OCc2ccccc2)CC1)c1ccc(Br)nc1. The van der Waals surface area contributed by atoms with Crippen LogP contribution in [0.15, 0.2) is 53.3 Å². The van der Waals surface area contributed by atoms with Crippen LogP contribution in [0.3, 0.4) is 0 Å². The van der Waals surface area contributed by atoms with E-state index in [0.717, 1.165) is 18.4 Å². The molecule has 142 valence electrons. The largest absolute Gasteiger partial charge is 0.445 e. The third-order valence-electron chi connectivity index (χ3n) is 4.62. The van der Waals surface area contributed by atoms with Crippen molar-refractivity contribution in [2.45, 2.75) is 19.4 Å². The van der Waals surface area contributed by atoms with Crippen molar-refractivity contribution in [3.05, 3.63) is 64.4 Å². The predicted octanol–water partition coefficient (Wildman–Crippen LogP) is 3.62. The van der Waals surface area contributed by atoms with Gasteiger partial charge in [0.1, 0.15) is 11.2 Å². The van der Waals surface area contributed by atoms with Gasteiger partial charge in [0, 0.05) is 25.8 Å². The molecule has 0 saturated carbocycles. The van der Waals surface area contributed by atoms with Crippen LogP contribution in [0, 0.1) is 5.92 Å². The van der Waals surface area contributed by atoms with Crippen LogP contribution in [-0.2, 0) is 11.3 Å². The van der Waals surface area contributed by atoms with E-state index < -0.39 is 0 Å². The number of rotatable bonds is 5. The summed E-state index contributed by atoms with van der Waals surface area (Å²) in [5.74, 6) is 0.232. The van der Waals surface area contributed by atoms with E-state index in [1.54, 1.807) is 23.2 Å². The van der Waals surface area contributed by atoms with E-state index >= 15 is 0 Å². The summed E-state index contributed by atoms with van der Waals surface area (Å²) in [6.07, 6.45) is 2.96. The summed E-state index contributed by atoms with van der Waals surface area (Å²) in [4.78, 5) is 30.1. The minimum absolute atomic E-state index is 0.125. The Morgan fingerprint density at radius 2 is 1.89 bits per heavy atom. The van der Waals surface area contributed by atoms with Gasteiger partial charge in [0.2, 0.25) is 0 Å². The number of hydrogen-bond acceptors (Lipinski definition) is 4. The Morgan fingerprint density at radius 3 is 2.56 bits per heavy atom. The second-order valence-electron chi connectivity index (χ2n) is 6.55. The van der Waals surface area contributed by atoms with Crippen LogP contribution >= 0.6 is 15.9 Å². The summed E-state index contributed by atoms with van der Waals surface area (Å²) in [6.45, 7) is 2.18. The van der Waals surface area contributed by atoms with Crippen molar-refractivity contribution in [1.82, 2.24) is 15.2 Å². The molecule has 2 aromatic rings. The first-order chi connectivity index (χ1) is 13.1. The Morgan fingerprint density at radius 1 is 1.15 bits per heavy atom. The molecule has 2 amide bonds. The Balaban J connectivity index is 1.37. The zero-order valence-electron chi connectivity index (χ0n) is 14.9. The van der Waals surface area contributed by atoms with Crippen LogP contribution < -0.4 is 5.32 Å². The third kappa shape index (κ3) is 5.79. The van der Waals surface area contributed by atoms with E-state index in [9.17, 15) is 9.59 Å². The molecular weight excluding hydrogens is 410 g/mol. The lowest BCUT2D eigenvalue weighted by Gasteiger charge is -2.31. The highest BCUT2D eigenvalue weighted by Gasteiger charge is 2.24. The van der Waals surface area contributed by atoms with Gasteiger partial charge in [0.15, 0.2) is 0 Å². The van der Waals surface area contributed by atoms with Crippen molar-refractivity contribution in [2.24, 2.45) is 5.92 Å². The van der Waals surface area contributed by atoms with E-state index in [-0.39, 0.29) is 18.6 Å². The smallest absolute Gasteiger partial charge is 0.410 e. The molecule has 27 heavy (non-hydrogen) atoms. The normalized spacial score (nSPS) is 14.6. The summed E-state index contributed by atoms with van der Waals surface area (Å²) in [6, 6.07) is 13.1. The first-order valence-electron chi connectivity index (χ1n) is 8.97. The highest BCUT2D eigenvalue weighted by atomic mass is 79.9. The minimum atomic E-state index is -0.276. The number of amides is 2. The molecular formula is C20H22BrN3O3. The monoisotopic (exact) mass is 431 g/mol. The second kappa shape index (κ2) is 9.50. The molecule has 0 aliphatic carbocycles. The fraction of sp³-hybridized carbons (Fsp3) is 0.350. The Bertz CT molecular complexity index is 760. The highest BCUT2D eigenvalue weighted by Crippen LogP contribution is 2.18. The number of pyridine rings is 1. The number of carbonyl (C=O) groups is 2. The maximum Gasteiger partial charge on any atom is 0.410 e. The summed E-state index contributed by atoms with van der Waals surface area (Å²) in [5.41, 5.74) is 1.52. The molecule has 0 unspecified atom stereocenters. The van der Waals surface area contributed by atoms with Gasteiger partial charge in [-0.1, -0.05) is 30.3 Å². The van der Waals surface area contributed by atoms with Gasteiger partial charge in [0.05, 0.1) is 5.56 Å². The Labute approximate surface area is 167 Å². The quantitative estimate of drug-likeness (QED) is 0.733. The lowest BCUT2D eigenvalue weighted by molar-refractivity contribution is 0.0800. The minimum Gasteiger partial charge on any atom is -0.445 e. The zero-order valence-corrected chi connectivity index (χ0v) is 16.5. The molecule has 2 heterocycles. The van der Waals surface area contributed by atoms with E-state index in [1.165, 1.54) is 0 Å². The lowest BCUT2D eigenvalue weighted by atomic mass is 9.97. The topological polar surface area (TPSA) is 71.5 Å². The average Bonchev–Trinajstić information content (AvgIpc) is 2.72. The van der Waals surface area contributed by atoms with Crippen LogP contribution in [0.25, 0.3) is 0 Å². The van der Waals surface area contributed by atoms with Gasteiger partial charge in [0.25, 0.3) is 5.91 Å². The molecule has 0 bridgehead atoms. The molecule has 1 aliphatic rings. The first kappa shape index (κ1) is 19.4. The summed E-state index contributed by atoms with van der Waals surface area (Å²) in [7, 11) is 0. The van der Waals surface area contributed by atoms with Crippen LogP contribution in [0.5, 0.6) is 0 Å². The van der Waals surface area contributed by atoms with Gasteiger partial charge in [-0.05, 0) is 52.4 Å². The summed E-state index contributed by atoms with van der Waals surface area (Å²) >= 11 is 3.25. The number of nitrogens with one attached hydrogen (secondary N) is 1. The van der Waals surface area contributed by atoms with Crippen molar-refractivity contribution < 1.29 is 14.3 Å². The molecule has 1 aliphatic heterocycles. The van der Waals surface area contributed by atoms with Crippen LogP contribution in [0.4, 0.5) is 4.79 Å². The molecule has 1 aromatic heterocycles. The van der Waals surface area contributed by atoms with Crippen LogP contribution in [-0.4, -0.2) is 41.5 Å². The standard InChI is InChI=1S/C20H22BrN3O3/c21-18-7-6-17(13-22-18)19(25)23-12-15-8-10-24(11-9-15)20(26)27-14-16-4-2-1-3-5-16/h1-7,13,15H,8-12,14H2,(H,23,25). The van der Waals surface area contributed by atoms with Gasteiger partial charge in [-0.25, -0.2) is 9.78 Å². The molecule has 0 spiro atoms. The molecule has 1 saturated heterocycles. The van der Waals surface area contributed by atoms with Gasteiger partial charge in [-0.2, -0.15) is 0 Å². The average molecular weight is 432 g/mol. The zero-order chi connectivity index (χ0) is 19.1. The third-order valence-corrected chi connectivity index (χ3v) is 5.09. The summed E-state index contributed by atoms with van der Waals surface area (Å²) < 4.78 is 6.07. The maximum atomic E-state index is 12.2. The molecule has 1 aromatic carbocycles. The summed E-state index contributed by atoms with van der Waals surface area (Å²) in [5, 5.41) is 2.95. The van der Waals surface area contributed by atoms with E-state index in [4.69, 9.17) is 4.74 Å². The Hall–Kier alpha value is -2.41. The van der Waals surface area contributed by atoms with E-state index in [2.05, 4.69) is 26.2 Å². The number of nitrogens with zero attached hydrogens (tertiary/aromatic N) is 2. The maximum absolute atomic E-state index is 12.2. The van der Waals surface area contributed by atoms with Gasteiger partial charge >= 0.3 is 6.09 Å². The van der Waals surface area contributed by atoms with Gasteiger partial charge in [-0.3, -0.25) is 4.79 Å². The second-order valence-corrected chi connectivity index (χ2v) is 7.36. The molecule has 1 N–H and O–H groups in total. The van der Waals surface area contributed by atoms with Crippen molar-refractivity contribution in [1.29, 1.82) is 0 Å². The predicted molar refractivity (Wildman–Crippen MR) is 105 cm³/mol. The number of likely N-dealkylation sites (tertiary alicyclic amines) is 1. The Kier molecular flexibility index (Phi) is 6.81. The number of ether oxygens (including phenoxy) is 1. The van der Waals surface area contributed by atoms with Crippen molar-refractivity contribution in [2.75, 3.05) is 19.6 Å². The molecule has 0 radical (unpaired) electrons. The first-order valence-corrected chi connectivity index (χ1v) is 9.76. The van der Waals surface area contributed by atoms with Gasteiger partial charge in [-0.15, -0.1) is 0 Å². The number of halogens is 1. The molecule has 1 fully saturated rings. The van der Waals surface area contributed by atoms with Crippen LogP contribution in [0.2, 0.25) is 0 Å². The van der Waals surface area contributed by atoms with Crippen molar-refractivity contribution >= 4 is 27.9 Å². The van der Waals surface area contributed by atoms with E-state index in [0.29, 0.717) is 35.7 Å². The molecule has 0 atom stereocenters. The fourth-order valence-corrected chi connectivity index (χ4v) is 3.21. The van der Waals surface area contributed by atoms with Crippen LogP contribution in [0.1, 0.15) is 28.8 Å². The number of aromatic nitrogens is 1. The molecule has 3 rings (SSSR count). The highest BCUT2D eigenvalue weighted by molar-refractivity contribution is 9.10. The van der Waals surface area contributed by atoms with Gasteiger partial charge < -0.3 is 15.0 Å². The lowest BCUT2D eigenvalue weighted by Crippen LogP contribution is -2.41. The number of hydrogen-bond donors (Lipinski definition) is 1.